The minimum absolute atomic E-state index is 0.258. The number of aryl methyl sites for hydroxylation is 1. The van der Waals surface area contributed by atoms with E-state index < -0.39 is 10.0 Å². The fourth-order valence-electron chi connectivity index (χ4n) is 2.10. The van der Waals surface area contributed by atoms with Gasteiger partial charge in [-0.15, -0.1) is 0 Å². The lowest BCUT2D eigenvalue weighted by atomic mass is 10.2. The fraction of sp³-hybridized carbons (Fsp3) is 0.286. The van der Waals surface area contributed by atoms with Crippen LogP contribution in [0.1, 0.15) is 16.8 Å². The van der Waals surface area contributed by atoms with Crippen LogP contribution in [0.5, 0.6) is 0 Å². The highest BCUT2D eigenvalue weighted by Crippen LogP contribution is 2.20. The molecule has 21 heavy (non-hydrogen) atoms. The fourth-order valence-corrected chi connectivity index (χ4v) is 3.50. The van der Waals surface area contributed by atoms with Gasteiger partial charge in [-0.05, 0) is 49.6 Å². The zero-order chi connectivity index (χ0) is 15.5. The van der Waals surface area contributed by atoms with Crippen LogP contribution in [0, 0.1) is 13.8 Å². The number of rotatable bonds is 5. The zero-order valence-corrected chi connectivity index (χ0v) is 12.7. The minimum Gasteiger partial charge on any atom is -0.246 e. The molecule has 2 aromatic rings. The lowest BCUT2D eigenvalue weighted by Gasteiger charge is -2.09. The second kappa shape index (κ2) is 6.03. The number of aromatic nitrogens is 1. The molecule has 0 amide bonds. The summed E-state index contributed by atoms with van der Waals surface area (Å²) in [6, 6.07) is 8.49. The SMILES string of the molecule is Cc1ccc(S(=O)(=O)n2ccc(CCN=[N+]=[N-])c2C)cc1. The van der Waals surface area contributed by atoms with Crippen LogP contribution in [0.3, 0.4) is 0 Å². The molecule has 0 aliphatic rings. The molecule has 0 fully saturated rings. The first kappa shape index (κ1) is 15.2. The van der Waals surface area contributed by atoms with Crippen molar-refractivity contribution in [2.45, 2.75) is 25.2 Å². The molecule has 0 unspecified atom stereocenters. The first-order valence-corrected chi connectivity index (χ1v) is 7.91. The molecule has 0 radical (unpaired) electrons. The number of benzene rings is 1. The Labute approximate surface area is 123 Å². The van der Waals surface area contributed by atoms with Gasteiger partial charge in [-0.25, -0.2) is 12.4 Å². The number of hydrogen-bond donors (Lipinski definition) is 0. The van der Waals surface area contributed by atoms with Crippen LogP contribution in [-0.2, 0) is 16.4 Å². The first-order valence-electron chi connectivity index (χ1n) is 6.46. The van der Waals surface area contributed by atoms with Crippen LogP contribution in [0.4, 0.5) is 0 Å². The van der Waals surface area contributed by atoms with E-state index in [1.807, 2.05) is 6.92 Å². The molecule has 7 heteroatoms. The van der Waals surface area contributed by atoms with Gasteiger partial charge in [0.2, 0.25) is 0 Å². The highest BCUT2D eigenvalue weighted by Gasteiger charge is 2.19. The molecule has 0 aliphatic carbocycles. The lowest BCUT2D eigenvalue weighted by molar-refractivity contribution is 0.586. The largest absolute Gasteiger partial charge is 0.267 e. The van der Waals surface area contributed by atoms with Gasteiger partial charge in [0.25, 0.3) is 10.0 Å². The minimum atomic E-state index is -3.58. The van der Waals surface area contributed by atoms with E-state index >= 15 is 0 Å². The predicted octanol–water partition coefficient (Wildman–Crippen LogP) is 3.19. The van der Waals surface area contributed by atoms with Crippen molar-refractivity contribution in [1.82, 2.24) is 3.97 Å². The van der Waals surface area contributed by atoms with Crippen molar-refractivity contribution < 1.29 is 8.42 Å². The molecule has 0 spiro atoms. The maximum absolute atomic E-state index is 12.6. The maximum Gasteiger partial charge on any atom is 0.267 e. The standard InChI is InChI=1S/C14H16N4O2S/c1-11-3-5-14(6-4-11)21(19,20)18-10-8-13(12(18)2)7-9-16-17-15/h3-6,8,10H,7,9H2,1-2H3. The van der Waals surface area contributed by atoms with Gasteiger partial charge in [0, 0.05) is 23.3 Å². The summed E-state index contributed by atoms with van der Waals surface area (Å²) in [5.41, 5.74) is 10.8. The van der Waals surface area contributed by atoms with Crippen LogP contribution < -0.4 is 0 Å². The third kappa shape index (κ3) is 3.09. The van der Waals surface area contributed by atoms with Crippen molar-refractivity contribution in [3.8, 4) is 0 Å². The van der Waals surface area contributed by atoms with E-state index in [2.05, 4.69) is 10.0 Å². The third-order valence-electron chi connectivity index (χ3n) is 3.33. The molecule has 0 saturated carbocycles. The molecular weight excluding hydrogens is 288 g/mol. The number of azide groups is 1. The summed E-state index contributed by atoms with van der Waals surface area (Å²) < 4.78 is 26.4. The maximum atomic E-state index is 12.6. The topological polar surface area (TPSA) is 87.8 Å². The van der Waals surface area contributed by atoms with Crippen LogP contribution >= 0.6 is 0 Å². The van der Waals surface area contributed by atoms with Crippen molar-refractivity contribution in [3.05, 3.63) is 63.8 Å². The van der Waals surface area contributed by atoms with Gasteiger partial charge in [0.15, 0.2) is 0 Å². The molecule has 6 nitrogen and oxygen atoms in total. The molecule has 1 heterocycles. The van der Waals surface area contributed by atoms with E-state index in [0.29, 0.717) is 18.7 Å². The Morgan fingerprint density at radius 2 is 1.86 bits per heavy atom. The second-order valence-electron chi connectivity index (χ2n) is 4.74. The Morgan fingerprint density at radius 3 is 2.48 bits per heavy atom. The Bertz CT molecular complexity index is 785. The summed E-state index contributed by atoms with van der Waals surface area (Å²) in [4.78, 5) is 2.95. The zero-order valence-electron chi connectivity index (χ0n) is 11.9. The van der Waals surface area contributed by atoms with Crippen LogP contribution in [-0.4, -0.2) is 18.9 Å². The van der Waals surface area contributed by atoms with E-state index in [4.69, 9.17) is 5.53 Å². The quantitative estimate of drug-likeness (QED) is 0.482. The first-order chi connectivity index (χ1) is 9.96. The van der Waals surface area contributed by atoms with E-state index in [1.165, 1.54) is 10.2 Å². The summed E-state index contributed by atoms with van der Waals surface area (Å²) in [5.74, 6) is 0. The van der Waals surface area contributed by atoms with E-state index in [9.17, 15) is 8.42 Å². The van der Waals surface area contributed by atoms with Gasteiger partial charge in [-0.1, -0.05) is 22.8 Å². The lowest BCUT2D eigenvalue weighted by Crippen LogP contribution is -2.14. The Kier molecular flexibility index (Phi) is 4.35. The highest BCUT2D eigenvalue weighted by molar-refractivity contribution is 7.90. The molecule has 1 aromatic heterocycles. The van der Waals surface area contributed by atoms with Gasteiger partial charge in [-0.3, -0.25) is 0 Å². The van der Waals surface area contributed by atoms with E-state index in [0.717, 1.165) is 11.1 Å². The molecule has 2 rings (SSSR count). The molecule has 0 N–H and O–H groups in total. The molecule has 0 saturated heterocycles. The van der Waals surface area contributed by atoms with Gasteiger partial charge in [0.05, 0.1) is 4.90 Å². The summed E-state index contributed by atoms with van der Waals surface area (Å²) in [6.07, 6.45) is 2.06. The molecule has 0 aliphatic heterocycles. The molecule has 1 aromatic carbocycles. The Balaban J connectivity index is 2.37. The monoisotopic (exact) mass is 304 g/mol. The molecular formula is C14H16N4O2S. The molecule has 110 valence electrons. The predicted molar refractivity (Wildman–Crippen MR) is 80.6 cm³/mol. The smallest absolute Gasteiger partial charge is 0.246 e. The van der Waals surface area contributed by atoms with Crippen molar-refractivity contribution in [3.63, 3.8) is 0 Å². The normalized spacial score (nSPS) is 11.1. The third-order valence-corrected chi connectivity index (χ3v) is 5.11. The van der Waals surface area contributed by atoms with E-state index in [1.54, 1.807) is 37.3 Å². The van der Waals surface area contributed by atoms with Crippen molar-refractivity contribution in [1.29, 1.82) is 0 Å². The van der Waals surface area contributed by atoms with Gasteiger partial charge in [-0.2, -0.15) is 0 Å². The number of nitrogens with zero attached hydrogens (tertiary/aromatic N) is 4. The second-order valence-corrected chi connectivity index (χ2v) is 6.56. The van der Waals surface area contributed by atoms with Gasteiger partial charge >= 0.3 is 0 Å². The Hall–Kier alpha value is -2.24. The van der Waals surface area contributed by atoms with Crippen molar-refractivity contribution in [2.24, 2.45) is 5.11 Å². The van der Waals surface area contributed by atoms with E-state index in [-0.39, 0.29) is 4.90 Å². The van der Waals surface area contributed by atoms with Crippen LogP contribution in [0.15, 0.2) is 46.5 Å². The highest BCUT2D eigenvalue weighted by atomic mass is 32.2. The molecule has 0 atom stereocenters. The average molecular weight is 304 g/mol. The number of hydrogen-bond acceptors (Lipinski definition) is 3. The van der Waals surface area contributed by atoms with Gasteiger partial charge in [0.1, 0.15) is 0 Å². The summed E-state index contributed by atoms with van der Waals surface area (Å²) in [6.45, 7) is 3.97. The summed E-state index contributed by atoms with van der Waals surface area (Å²) in [7, 11) is -3.58. The van der Waals surface area contributed by atoms with Crippen LogP contribution in [0.25, 0.3) is 10.4 Å². The van der Waals surface area contributed by atoms with Crippen molar-refractivity contribution in [2.75, 3.05) is 6.54 Å². The Morgan fingerprint density at radius 1 is 1.19 bits per heavy atom. The van der Waals surface area contributed by atoms with Crippen LogP contribution in [0.2, 0.25) is 0 Å². The average Bonchev–Trinajstić information content (AvgIpc) is 2.82. The van der Waals surface area contributed by atoms with Crippen molar-refractivity contribution >= 4 is 10.0 Å². The summed E-state index contributed by atoms with van der Waals surface area (Å²) >= 11 is 0. The van der Waals surface area contributed by atoms with Gasteiger partial charge < -0.3 is 0 Å². The summed E-state index contributed by atoms with van der Waals surface area (Å²) in [5, 5.41) is 3.47. The molecule has 0 bridgehead atoms.